The molecule has 3 rings (SSSR count). The van der Waals surface area contributed by atoms with Gasteiger partial charge in [-0.1, -0.05) is 29.3 Å². The smallest absolute Gasteiger partial charge is 0.142 e. The monoisotopic (exact) mass is 325 g/mol. The van der Waals surface area contributed by atoms with Crippen LogP contribution in [0, 0.1) is 5.82 Å². The number of halogens is 3. The summed E-state index contributed by atoms with van der Waals surface area (Å²) in [7, 11) is 0. The molecule has 2 aromatic rings. The molecule has 110 valence electrons. The molecule has 1 heterocycles. The van der Waals surface area contributed by atoms with E-state index in [1.807, 2.05) is 12.1 Å². The van der Waals surface area contributed by atoms with Crippen LogP contribution in [-0.4, -0.2) is 6.61 Å². The summed E-state index contributed by atoms with van der Waals surface area (Å²) < 4.78 is 19.2. The van der Waals surface area contributed by atoms with Gasteiger partial charge in [0.15, 0.2) is 0 Å². The van der Waals surface area contributed by atoms with Crippen LogP contribution in [0.1, 0.15) is 22.7 Å². The zero-order chi connectivity index (χ0) is 15.0. The van der Waals surface area contributed by atoms with Gasteiger partial charge in [-0.25, -0.2) is 4.39 Å². The highest BCUT2D eigenvalue weighted by Gasteiger charge is 2.20. The van der Waals surface area contributed by atoms with E-state index in [1.165, 1.54) is 12.1 Å². The van der Waals surface area contributed by atoms with Crippen LogP contribution in [0.25, 0.3) is 0 Å². The second-order valence-corrected chi connectivity index (χ2v) is 5.98. The van der Waals surface area contributed by atoms with E-state index in [2.05, 4.69) is 0 Å². The van der Waals surface area contributed by atoms with E-state index in [-0.39, 0.29) is 11.1 Å². The third kappa shape index (κ3) is 3.00. The molecule has 1 unspecified atom stereocenters. The maximum atomic E-state index is 13.5. The zero-order valence-electron chi connectivity index (χ0n) is 11.2. The SMILES string of the molecule is NC(Cc1cc(Cl)cc2c1OCC2)c1ccc(Cl)c(F)c1. The summed E-state index contributed by atoms with van der Waals surface area (Å²) in [4.78, 5) is 0. The van der Waals surface area contributed by atoms with Crippen LogP contribution in [0.2, 0.25) is 10.0 Å². The fourth-order valence-electron chi connectivity index (χ4n) is 2.60. The van der Waals surface area contributed by atoms with Crippen LogP contribution in [0.4, 0.5) is 4.39 Å². The lowest BCUT2D eigenvalue weighted by Crippen LogP contribution is -2.14. The first-order valence-electron chi connectivity index (χ1n) is 6.69. The van der Waals surface area contributed by atoms with E-state index in [0.717, 1.165) is 23.3 Å². The van der Waals surface area contributed by atoms with Crippen LogP contribution in [-0.2, 0) is 12.8 Å². The van der Waals surface area contributed by atoms with Crippen molar-refractivity contribution in [3.63, 3.8) is 0 Å². The normalized spacial score (nSPS) is 14.7. The molecule has 0 fully saturated rings. The van der Waals surface area contributed by atoms with Crippen molar-refractivity contribution in [2.24, 2.45) is 5.73 Å². The van der Waals surface area contributed by atoms with Gasteiger partial charge in [0.2, 0.25) is 0 Å². The fraction of sp³-hybridized carbons (Fsp3) is 0.250. The molecule has 1 atom stereocenters. The van der Waals surface area contributed by atoms with Gasteiger partial charge in [0.1, 0.15) is 11.6 Å². The lowest BCUT2D eigenvalue weighted by molar-refractivity contribution is 0.352. The molecule has 2 aromatic carbocycles. The van der Waals surface area contributed by atoms with Gasteiger partial charge in [0.05, 0.1) is 11.6 Å². The summed E-state index contributed by atoms with van der Waals surface area (Å²) in [5.74, 6) is 0.404. The molecule has 5 heteroatoms. The molecule has 0 radical (unpaired) electrons. The van der Waals surface area contributed by atoms with Crippen molar-refractivity contribution in [2.45, 2.75) is 18.9 Å². The first-order valence-corrected chi connectivity index (χ1v) is 7.45. The third-order valence-corrected chi connectivity index (χ3v) is 4.16. The van der Waals surface area contributed by atoms with Crippen LogP contribution < -0.4 is 10.5 Å². The quantitative estimate of drug-likeness (QED) is 0.912. The van der Waals surface area contributed by atoms with E-state index < -0.39 is 5.82 Å². The Balaban J connectivity index is 1.88. The average Bonchev–Trinajstić information content (AvgIpc) is 2.90. The van der Waals surface area contributed by atoms with Crippen molar-refractivity contribution >= 4 is 23.2 Å². The summed E-state index contributed by atoms with van der Waals surface area (Å²) in [6.07, 6.45) is 1.39. The van der Waals surface area contributed by atoms with E-state index in [1.54, 1.807) is 6.07 Å². The van der Waals surface area contributed by atoms with E-state index in [9.17, 15) is 4.39 Å². The van der Waals surface area contributed by atoms with Crippen LogP contribution >= 0.6 is 23.2 Å². The minimum Gasteiger partial charge on any atom is -0.493 e. The molecule has 0 saturated heterocycles. The molecule has 21 heavy (non-hydrogen) atoms. The number of nitrogens with two attached hydrogens (primary N) is 1. The Morgan fingerprint density at radius 3 is 2.81 bits per heavy atom. The highest BCUT2D eigenvalue weighted by molar-refractivity contribution is 6.31. The average molecular weight is 326 g/mol. The van der Waals surface area contributed by atoms with Crippen LogP contribution in [0.3, 0.4) is 0 Å². The molecular formula is C16H14Cl2FNO. The van der Waals surface area contributed by atoms with Crippen molar-refractivity contribution in [1.82, 2.24) is 0 Å². The summed E-state index contributed by atoms with van der Waals surface area (Å²) in [6, 6.07) is 8.06. The van der Waals surface area contributed by atoms with Gasteiger partial charge in [-0.2, -0.15) is 0 Å². The second kappa shape index (κ2) is 5.84. The predicted octanol–water partition coefficient (Wildman–Crippen LogP) is 4.31. The van der Waals surface area contributed by atoms with Crippen molar-refractivity contribution in [3.05, 3.63) is 62.9 Å². The molecule has 0 saturated carbocycles. The lowest BCUT2D eigenvalue weighted by atomic mass is 9.97. The molecule has 2 nitrogen and oxygen atoms in total. The zero-order valence-corrected chi connectivity index (χ0v) is 12.7. The number of fused-ring (bicyclic) bond motifs is 1. The molecule has 2 N–H and O–H groups in total. The number of hydrogen-bond donors (Lipinski definition) is 1. The van der Waals surface area contributed by atoms with Crippen molar-refractivity contribution in [2.75, 3.05) is 6.61 Å². The number of rotatable bonds is 3. The Kier molecular flexibility index (Phi) is 4.07. The second-order valence-electron chi connectivity index (χ2n) is 5.14. The first kappa shape index (κ1) is 14.6. The summed E-state index contributed by atoms with van der Waals surface area (Å²) in [5.41, 5.74) is 8.94. The van der Waals surface area contributed by atoms with E-state index >= 15 is 0 Å². The van der Waals surface area contributed by atoms with Crippen LogP contribution in [0.5, 0.6) is 5.75 Å². The topological polar surface area (TPSA) is 35.2 Å². The summed E-state index contributed by atoms with van der Waals surface area (Å²) in [5, 5.41) is 0.765. The van der Waals surface area contributed by atoms with E-state index in [4.69, 9.17) is 33.7 Å². The molecule has 1 aliphatic rings. The fourth-order valence-corrected chi connectivity index (χ4v) is 2.98. The van der Waals surface area contributed by atoms with Crippen molar-refractivity contribution in [1.29, 1.82) is 0 Å². The van der Waals surface area contributed by atoms with Crippen molar-refractivity contribution in [3.8, 4) is 5.75 Å². The standard InChI is InChI=1S/C16H14Cl2FNO/c17-12-5-10-3-4-21-16(10)11(6-12)8-15(20)9-1-2-13(18)14(19)7-9/h1-2,5-7,15H,3-4,8,20H2. The Morgan fingerprint density at radius 1 is 1.24 bits per heavy atom. The Hall–Kier alpha value is -1.29. The lowest BCUT2D eigenvalue weighted by Gasteiger charge is -2.15. The summed E-state index contributed by atoms with van der Waals surface area (Å²) in [6.45, 7) is 0.660. The van der Waals surface area contributed by atoms with Gasteiger partial charge >= 0.3 is 0 Å². The number of hydrogen-bond acceptors (Lipinski definition) is 2. The molecule has 0 spiro atoms. The van der Waals surface area contributed by atoms with E-state index in [0.29, 0.717) is 23.6 Å². The number of ether oxygens (including phenoxy) is 1. The van der Waals surface area contributed by atoms with Gasteiger partial charge in [-0.15, -0.1) is 0 Å². The molecule has 1 aliphatic heterocycles. The molecule has 0 bridgehead atoms. The first-order chi connectivity index (χ1) is 10.0. The van der Waals surface area contributed by atoms with Gasteiger partial charge in [0, 0.05) is 17.5 Å². The highest BCUT2D eigenvalue weighted by atomic mass is 35.5. The maximum absolute atomic E-state index is 13.5. The Morgan fingerprint density at radius 2 is 2.05 bits per heavy atom. The predicted molar refractivity (Wildman–Crippen MR) is 82.7 cm³/mol. The molecule has 0 aromatic heterocycles. The minimum absolute atomic E-state index is 0.0953. The molecule has 0 amide bonds. The Labute approximate surface area is 132 Å². The largest absolute Gasteiger partial charge is 0.493 e. The van der Waals surface area contributed by atoms with Gasteiger partial charge in [-0.05, 0) is 47.4 Å². The van der Waals surface area contributed by atoms with Crippen molar-refractivity contribution < 1.29 is 9.13 Å². The molecule has 0 aliphatic carbocycles. The molecular weight excluding hydrogens is 312 g/mol. The van der Waals surface area contributed by atoms with Crippen LogP contribution in [0.15, 0.2) is 30.3 Å². The maximum Gasteiger partial charge on any atom is 0.142 e. The third-order valence-electron chi connectivity index (χ3n) is 3.64. The number of benzene rings is 2. The Bertz CT molecular complexity index is 690. The highest BCUT2D eigenvalue weighted by Crippen LogP contribution is 2.35. The minimum atomic E-state index is -0.461. The van der Waals surface area contributed by atoms with Gasteiger partial charge in [-0.3, -0.25) is 0 Å². The van der Waals surface area contributed by atoms with Gasteiger partial charge < -0.3 is 10.5 Å². The summed E-state index contributed by atoms with van der Waals surface area (Å²) >= 11 is 11.8. The van der Waals surface area contributed by atoms with Gasteiger partial charge in [0.25, 0.3) is 0 Å².